The van der Waals surface area contributed by atoms with Gasteiger partial charge in [-0.05, 0) is 43.9 Å². The molecule has 0 aromatic heterocycles. The molecular weight excluding hydrogens is 293 g/mol. The summed E-state index contributed by atoms with van der Waals surface area (Å²) >= 11 is 0. The molecule has 6 heteroatoms. The molecule has 1 rings (SSSR count). The second-order valence-corrected chi connectivity index (χ2v) is 6.15. The first-order valence-corrected chi connectivity index (χ1v) is 7.13. The van der Waals surface area contributed by atoms with Gasteiger partial charge >= 0.3 is 6.18 Å². The SMILES string of the molecule is CC(C)CCC(C)(O)CNc1ccc(C#N)cc1C(F)(F)F. The van der Waals surface area contributed by atoms with E-state index in [1.165, 1.54) is 12.1 Å². The summed E-state index contributed by atoms with van der Waals surface area (Å²) in [5.74, 6) is 0.409. The fourth-order valence-electron chi connectivity index (χ4n) is 1.98. The maximum atomic E-state index is 13.0. The average Bonchev–Trinajstić information content (AvgIpc) is 2.42. The van der Waals surface area contributed by atoms with E-state index in [9.17, 15) is 18.3 Å². The second kappa shape index (κ2) is 7.01. The van der Waals surface area contributed by atoms with E-state index in [-0.39, 0.29) is 17.8 Å². The lowest BCUT2D eigenvalue weighted by molar-refractivity contribution is -0.137. The minimum Gasteiger partial charge on any atom is -0.388 e. The number of nitrogens with one attached hydrogen (secondary N) is 1. The highest BCUT2D eigenvalue weighted by atomic mass is 19.4. The first-order chi connectivity index (χ1) is 10.0. The molecule has 22 heavy (non-hydrogen) atoms. The van der Waals surface area contributed by atoms with Crippen LogP contribution in [-0.4, -0.2) is 17.3 Å². The Hall–Kier alpha value is -1.74. The third-order valence-corrected chi connectivity index (χ3v) is 3.37. The van der Waals surface area contributed by atoms with Crippen LogP contribution < -0.4 is 5.32 Å². The molecule has 0 spiro atoms. The molecule has 0 heterocycles. The molecule has 0 bridgehead atoms. The largest absolute Gasteiger partial charge is 0.418 e. The van der Waals surface area contributed by atoms with Crippen molar-refractivity contribution in [3.05, 3.63) is 29.3 Å². The molecule has 1 aromatic carbocycles. The van der Waals surface area contributed by atoms with Crippen molar-refractivity contribution < 1.29 is 18.3 Å². The van der Waals surface area contributed by atoms with Crippen molar-refractivity contribution in [2.45, 2.75) is 45.4 Å². The van der Waals surface area contributed by atoms with E-state index < -0.39 is 17.3 Å². The van der Waals surface area contributed by atoms with Crippen LogP contribution in [0.5, 0.6) is 0 Å². The summed E-state index contributed by atoms with van der Waals surface area (Å²) in [6.07, 6.45) is -3.28. The minimum atomic E-state index is -4.56. The van der Waals surface area contributed by atoms with Gasteiger partial charge in [0.2, 0.25) is 0 Å². The van der Waals surface area contributed by atoms with Crippen LogP contribution in [0, 0.1) is 17.2 Å². The highest BCUT2D eigenvalue weighted by Crippen LogP contribution is 2.35. The monoisotopic (exact) mass is 314 g/mol. The minimum absolute atomic E-state index is 0.00863. The number of hydrogen-bond donors (Lipinski definition) is 2. The zero-order chi connectivity index (χ0) is 17.0. The quantitative estimate of drug-likeness (QED) is 0.828. The van der Waals surface area contributed by atoms with Gasteiger partial charge < -0.3 is 10.4 Å². The van der Waals surface area contributed by atoms with Gasteiger partial charge in [0.25, 0.3) is 0 Å². The predicted molar refractivity (Wildman–Crippen MR) is 79.3 cm³/mol. The van der Waals surface area contributed by atoms with Crippen molar-refractivity contribution in [3.8, 4) is 6.07 Å². The number of anilines is 1. The van der Waals surface area contributed by atoms with Gasteiger partial charge in [0.15, 0.2) is 0 Å². The number of hydrogen-bond acceptors (Lipinski definition) is 3. The fraction of sp³-hybridized carbons (Fsp3) is 0.562. The maximum absolute atomic E-state index is 13.0. The van der Waals surface area contributed by atoms with Crippen molar-refractivity contribution in [2.24, 2.45) is 5.92 Å². The van der Waals surface area contributed by atoms with Gasteiger partial charge in [-0.15, -0.1) is 0 Å². The molecule has 0 aliphatic heterocycles. The Morgan fingerprint density at radius 3 is 2.45 bits per heavy atom. The number of rotatable bonds is 6. The van der Waals surface area contributed by atoms with E-state index in [1.54, 1.807) is 13.0 Å². The topological polar surface area (TPSA) is 56.0 Å². The highest BCUT2D eigenvalue weighted by molar-refractivity contribution is 5.56. The number of nitrogens with zero attached hydrogens (tertiary/aromatic N) is 1. The summed E-state index contributed by atoms with van der Waals surface area (Å²) in [7, 11) is 0. The van der Waals surface area contributed by atoms with Crippen molar-refractivity contribution in [1.29, 1.82) is 5.26 Å². The van der Waals surface area contributed by atoms with Crippen LogP contribution in [0.4, 0.5) is 18.9 Å². The van der Waals surface area contributed by atoms with Crippen LogP contribution in [0.15, 0.2) is 18.2 Å². The van der Waals surface area contributed by atoms with Gasteiger partial charge in [-0.2, -0.15) is 18.4 Å². The Bertz CT molecular complexity index is 545. The molecule has 0 saturated carbocycles. The summed E-state index contributed by atoms with van der Waals surface area (Å²) in [5, 5.41) is 21.6. The molecule has 0 amide bonds. The lowest BCUT2D eigenvalue weighted by atomic mass is 9.95. The second-order valence-electron chi connectivity index (χ2n) is 6.15. The van der Waals surface area contributed by atoms with E-state index >= 15 is 0 Å². The standard InChI is InChI=1S/C16H21F3N2O/c1-11(2)6-7-15(3,22)10-21-14-5-4-12(9-20)8-13(14)16(17,18)19/h4-5,8,11,21-22H,6-7,10H2,1-3H3. The van der Waals surface area contributed by atoms with Gasteiger partial charge in [-0.3, -0.25) is 0 Å². The van der Waals surface area contributed by atoms with Crippen LogP contribution >= 0.6 is 0 Å². The van der Waals surface area contributed by atoms with E-state index in [2.05, 4.69) is 5.32 Å². The molecular formula is C16H21F3N2O. The van der Waals surface area contributed by atoms with Crippen LogP contribution in [0.1, 0.15) is 44.7 Å². The first kappa shape index (κ1) is 18.3. The van der Waals surface area contributed by atoms with Crippen molar-refractivity contribution in [1.82, 2.24) is 0 Å². The lowest BCUT2D eigenvalue weighted by Crippen LogP contribution is -2.34. The van der Waals surface area contributed by atoms with Crippen molar-refractivity contribution in [2.75, 3.05) is 11.9 Å². The Morgan fingerprint density at radius 2 is 1.95 bits per heavy atom. The van der Waals surface area contributed by atoms with Gasteiger partial charge in [0.1, 0.15) is 0 Å². The number of halogens is 3. The Kier molecular flexibility index (Phi) is 5.84. The van der Waals surface area contributed by atoms with Crippen LogP contribution in [0.3, 0.4) is 0 Å². The predicted octanol–water partition coefficient (Wildman–Crippen LogP) is 4.18. The summed E-state index contributed by atoms with van der Waals surface area (Å²) in [5.41, 5.74) is -2.17. The molecule has 1 aromatic rings. The Labute approximate surface area is 128 Å². The Balaban J connectivity index is 2.88. The number of benzene rings is 1. The molecule has 0 saturated heterocycles. The Morgan fingerprint density at radius 1 is 1.32 bits per heavy atom. The molecule has 1 atom stereocenters. The van der Waals surface area contributed by atoms with E-state index in [1.807, 2.05) is 13.8 Å². The van der Waals surface area contributed by atoms with Crippen LogP contribution in [0.25, 0.3) is 0 Å². The average molecular weight is 314 g/mol. The molecule has 2 N–H and O–H groups in total. The first-order valence-electron chi connectivity index (χ1n) is 7.13. The van der Waals surface area contributed by atoms with Crippen molar-refractivity contribution >= 4 is 5.69 Å². The molecule has 122 valence electrons. The molecule has 3 nitrogen and oxygen atoms in total. The third-order valence-electron chi connectivity index (χ3n) is 3.37. The van der Waals surface area contributed by atoms with Gasteiger partial charge in [0, 0.05) is 12.2 Å². The third kappa shape index (κ3) is 5.57. The normalized spacial score (nSPS) is 14.5. The zero-order valence-electron chi connectivity index (χ0n) is 13.0. The molecule has 0 fully saturated rings. The van der Waals surface area contributed by atoms with E-state index in [0.29, 0.717) is 12.3 Å². The molecule has 0 aliphatic carbocycles. The van der Waals surface area contributed by atoms with E-state index in [4.69, 9.17) is 5.26 Å². The van der Waals surface area contributed by atoms with Gasteiger partial charge in [-0.25, -0.2) is 0 Å². The zero-order valence-corrected chi connectivity index (χ0v) is 13.0. The van der Waals surface area contributed by atoms with Crippen molar-refractivity contribution in [3.63, 3.8) is 0 Å². The summed E-state index contributed by atoms with van der Waals surface area (Å²) in [4.78, 5) is 0. The fourth-order valence-corrected chi connectivity index (χ4v) is 1.98. The highest BCUT2D eigenvalue weighted by Gasteiger charge is 2.34. The molecule has 1 unspecified atom stereocenters. The maximum Gasteiger partial charge on any atom is 0.418 e. The van der Waals surface area contributed by atoms with E-state index in [0.717, 1.165) is 12.5 Å². The molecule has 0 aliphatic rings. The van der Waals surface area contributed by atoms with Gasteiger partial charge in [0.05, 0.1) is 22.8 Å². The number of alkyl halides is 3. The summed E-state index contributed by atoms with van der Waals surface area (Å²) in [6.45, 7) is 5.64. The van der Waals surface area contributed by atoms with Crippen LogP contribution in [-0.2, 0) is 6.18 Å². The smallest absolute Gasteiger partial charge is 0.388 e. The molecule has 0 radical (unpaired) electrons. The lowest BCUT2D eigenvalue weighted by Gasteiger charge is -2.26. The van der Waals surface area contributed by atoms with Gasteiger partial charge in [-0.1, -0.05) is 13.8 Å². The number of nitriles is 1. The van der Waals surface area contributed by atoms with Crippen LogP contribution in [0.2, 0.25) is 0 Å². The number of aliphatic hydroxyl groups is 1. The summed E-state index contributed by atoms with van der Waals surface area (Å²) in [6, 6.07) is 5.05. The summed E-state index contributed by atoms with van der Waals surface area (Å²) < 4.78 is 39.1.